The molecule has 0 saturated carbocycles. The molecule has 0 aliphatic rings. The second-order valence-corrected chi connectivity index (χ2v) is 4.33. The van der Waals surface area contributed by atoms with Crippen molar-refractivity contribution in [2.45, 2.75) is 6.04 Å². The lowest BCUT2D eigenvalue weighted by molar-refractivity contribution is 0.515. The molecule has 19 heavy (non-hydrogen) atoms. The Balaban J connectivity index is 2.56. The van der Waals surface area contributed by atoms with Crippen molar-refractivity contribution in [3.8, 4) is 0 Å². The van der Waals surface area contributed by atoms with E-state index in [2.05, 4.69) is 4.98 Å². The monoisotopic (exact) mass is 287 g/mol. The Bertz CT molecular complexity index is 611. The standard InChI is InChI=1S/C12H9ClF3N3/c13-5-1-7(12(18)19-4-5)11(17)10-8(15)2-6(14)3-9(10)16/h1-4,11H,17H2,(H2,18,19). The zero-order valence-electron chi connectivity index (χ0n) is 9.50. The number of benzene rings is 1. The van der Waals surface area contributed by atoms with Crippen LogP contribution in [0.2, 0.25) is 5.02 Å². The molecule has 1 heterocycles. The molecule has 0 amide bonds. The summed E-state index contributed by atoms with van der Waals surface area (Å²) >= 11 is 5.73. The molecule has 1 unspecified atom stereocenters. The van der Waals surface area contributed by atoms with Crippen LogP contribution in [0.1, 0.15) is 17.2 Å². The summed E-state index contributed by atoms with van der Waals surface area (Å²) in [5, 5.41) is 0.225. The first-order valence-corrected chi connectivity index (χ1v) is 5.59. The molecule has 2 rings (SSSR count). The first kappa shape index (κ1) is 13.6. The molecule has 0 aliphatic heterocycles. The molecule has 0 bridgehead atoms. The number of anilines is 1. The molecule has 1 aromatic carbocycles. The molecule has 0 aliphatic carbocycles. The molecule has 0 radical (unpaired) electrons. The number of nitrogens with two attached hydrogens (primary N) is 2. The van der Waals surface area contributed by atoms with Gasteiger partial charge in [-0.2, -0.15) is 0 Å². The van der Waals surface area contributed by atoms with Gasteiger partial charge >= 0.3 is 0 Å². The highest BCUT2D eigenvalue weighted by Crippen LogP contribution is 2.29. The van der Waals surface area contributed by atoms with Gasteiger partial charge in [0, 0.05) is 29.5 Å². The molecule has 0 saturated heterocycles. The Morgan fingerprint density at radius 3 is 2.26 bits per heavy atom. The van der Waals surface area contributed by atoms with Crippen LogP contribution in [0.25, 0.3) is 0 Å². The van der Waals surface area contributed by atoms with E-state index in [1.807, 2.05) is 0 Å². The summed E-state index contributed by atoms with van der Waals surface area (Å²) in [6, 6.07) is 1.22. The molecular weight excluding hydrogens is 279 g/mol. The lowest BCUT2D eigenvalue weighted by atomic mass is 9.99. The third-order valence-electron chi connectivity index (χ3n) is 2.61. The maximum Gasteiger partial charge on any atom is 0.134 e. The lowest BCUT2D eigenvalue weighted by Crippen LogP contribution is -2.18. The van der Waals surface area contributed by atoms with E-state index in [0.717, 1.165) is 0 Å². The minimum atomic E-state index is -1.23. The van der Waals surface area contributed by atoms with Gasteiger partial charge in [-0.1, -0.05) is 11.6 Å². The van der Waals surface area contributed by atoms with Crippen molar-refractivity contribution in [3.05, 3.63) is 58.0 Å². The van der Waals surface area contributed by atoms with Gasteiger partial charge in [0.15, 0.2) is 0 Å². The molecule has 4 N–H and O–H groups in total. The summed E-state index contributed by atoms with van der Waals surface area (Å²) in [6.07, 6.45) is 1.28. The van der Waals surface area contributed by atoms with E-state index < -0.39 is 29.1 Å². The van der Waals surface area contributed by atoms with Gasteiger partial charge in [-0.05, 0) is 6.07 Å². The van der Waals surface area contributed by atoms with Gasteiger partial charge < -0.3 is 11.5 Å². The SMILES string of the molecule is Nc1ncc(Cl)cc1C(N)c1c(F)cc(F)cc1F. The van der Waals surface area contributed by atoms with Crippen LogP contribution in [-0.2, 0) is 0 Å². The van der Waals surface area contributed by atoms with Crippen LogP contribution in [-0.4, -0.2) is 4.98 Å². The van der Waals surface area contributed by atoms with Gasteiger partial charge in [-0.25, -0.2) is 18.2 Å². The van der Waals surface area contributed by atoms with Crippen LogP contribution in [0.4, 0.5) is 19.0 Å². The molecule has 100 valence electrons. The first-order valence-electron chi connectivity index (χ1n) is 5.21. The topological polar surface area (TPSA) is 64.9 Å². The van der Waals surface area contributed by atoms with Crippen LogP contribution in [0, 0.1) is 17.5 Å². The number of aromatic nitrogens is 1. The molecule has 7 heteroatoms. The molecule has 0 spiro atoms. The quantitative estimate of drug-likeness (QED) is 0.892. The third kappa shape index (κ3) is 2.64. The Morgan fingerprint density at radius 2 is 1.68 bits per heavy atom. The number of pyridine rings is 1. The van der Waals surface area contributed by atoms with Gasteiger partial charge in [0.25, 0.3) is 0 Å². The summed E-state index contributed by atoms with van der Waals surface area (Å²) in [5.41, 5.74) is 11.0. The first-order chi connectivity index (χ1) is 8.90. The van der Waals surface area contributed by atoms with Crippen LogP contribution >= 0.6 is 11.6 Å². The summed E-state index contributed by atoms with van der Waals surface area (Å²) in [5.74, 6) is -3.21. The molecule has 2 aromatic rings. The Kier molecular flexibility index (Phi) is 3.64. The van der Waals surface area contributed by atoms with Crippen LogP contribution in [0.5, 0.6) is 0 Å². The zero-order chi connectivity index (χ0) is 14.2. The number of rotatable bonds is 2. The average Bonchev–Trinajstić information content (AvgIpc) is 2.30. The molecule has 1 aromatic heterocycles. The zero-order valence-corrected chi connectivity index (χ0v) is 10.3. The average molecular weight is 288 g/mol. The highest BCUT2D eigenvalue weighted by atomic mass is 35.5. The number of halogens is 4. The van der Waals surface area contributed by atoms with Crippen LogP contribution in [0.15, 0.2) is 24.4 Å². The summed E-state index contributed by atoms with van der Waals surface area (Å²) < 4.78 is 40.1. The summed E-state index contributed by atoms with van der Waals surface area (Å²) in [6.45, 7) is 0. The van der Waals surface area contributed by atoms with Crippen molar-refractivity contribution in [2.24, 2.45) is 5.73 Å². The van der Waals surface area contributed by atoms with Crippen molar-refractivity contribution in [3.63, 3.8) is 0 Å². The van der Waals surface area contributed by atoms with Crippen LogP contribution < -0.4 is 11.5 Å². The minimum absolute atomic E-state index is 0.0000231. The number of nitrogens with zero attached hydrogens (tertiary/aromatic N) is 1. The number of nitrogen functional groups attached to an aromatic ring is 1. The molecule has 3 nitrogen and oxygen atoms in total. The van der Waals surface area contributed by atoms with Gasteiger partial charge in [0.1, 0.15) is 23.3 Å². The largest absolute Gasteiger partial charge is 0.383 e. The second kappa shape index (κ2) is 5.07. The van der Waals surface area contributed by atoms with E-state index in [4.69, 9.17) is 23.1 Å². The van der Waals surface area contributed by atoms with Gasteiger partial charge in [-0.15, -0.1) is 0 Å². The lowest BCUT2D eigenvalue weighted by Gasteiger charge is -2.16. The number of hydrogen-bond donors (Lipinski definition) is 2. The third-order valence-corrected chi connectivity index (χ3v) is 2.81. The Morgan fingerprint density at radius 1 is 1.11 bits per heavy atom. The smallest absolute Gasteiger partial charge is 0.134 e. The van der Waals surface area contributed by atoms with Crippen molar-refractivity contribution in [1.82, 2.24) is 4.98 Å². The van der Waals surface area contributed by atoms with Crippen molar-refractivity contribution in [1.29, 1.82) is 0 Å². The fourth-order valence-corrected chi connectivity index (χ4v) is 1.89. The molecule has 1 atom stereocenters. The predicted octanol–water partition coefficient (Wildman–Crippen LogP) is 2.78. The predicted molar refractivity (Wildman–Crippen MR) is 66.0 cm³/mol. The van der Waals surface area contributed by atoms with E-state index in [-0.39, 0.29) is 16.4 Å². The summed E-state index contributed by atoms with van der Waals surface area (Å²) in [7, 11) is 0. The van der Waals surface area contributed by atoms with Crippen molar-refractivity contribution < 1.29 is 13.2 Å². The van der Waals surface area contributed by atoms with E-state index in [1.54, 1.807) is 0 Å². The van der Waals surface area contributed by atoms with Crippen LogP contribution in [0.3, 0.4) is 0 Å². The second-order valence-electron chi connectivity index (χ2n) is 3.89. The normalized spacial score (nSPS) is 12.5. The minimum Gasteiger partial charge on any atom is -0.383 e. The maximum absolute atomic E-state index is 13.6. The molecular formula is C12H9ClF3N3. The fraction of sp³-hybridized carbons (Fsp3) is 0.0833. The van der Waals surface area contributed by atoms with Gasteiger partial charge in [0.05, 0.1) is 11.1 Å². The fourth-order valence-electron chi connectivity index (χ4n) is 1.72. The highest BCUT2D eigenvalue weighted by Gasteiger charge is 2.22. The van der Waals surface area contributed by atoms with E-state index in [9.17, 15) is 13.2 Å². The number of hydrogen-bond acceptors (Lipinski definition) is 3. The van der Waals surface area contributed by atoms with E-state index in [1.165, 1.54) is 12.3 Å². The van der Waals surface area contributed by atoms with E-state index >= 15 is 0 Å². The molecule has 0 fully saturated rings. The van der Waals surface area contributed by atoms with Gasteiger partial charge in [0.2, 0.25) is 0 Å². The van der Waals surface area contributed by atoms with E-state index in [0.29, 0.717) is 12.1 Å². The summed E-state index contributed by atoms with van der Waals surface area (Å²) in [4.78, 5) is 3.75. The Hall–Kier alpha value is -1.79. The van der Waals surface area contributed by atoms with Crippen molar-refractivity contribution >= 4 is 17.4 Å². The highest BCUT2D eigenvalue weighted by molar-refractivity contribution is 6.30. The Labute approximate surface area is 112 Å². The maximum atomic E-state index is 13.6. The van der Waals surface area contributed by atoms with Gasteiger partial charge in [-0.3, -0.25) is 0 Å². The van der Waals surface area contributed by atoms with Crippen molar-refractivity contribution in [2.75, 3.05) is 5.73 Å².